The van der Waals surface area contributed by atoms with E-state index in [4.69, 9.17) is 0 Å². The molecule has 3 amide bonds. The average Bonchev–Trinajstić information content (AvgIpc) is 2.68. The Morgan fingerprint density at radius 1 is 1.07 bits per heavy atom. The van der Waals surface area contributed by atoms with Crippen LogP contribution in [-0.2, 0) is 16.0 Å². The average molecular weight is 365 g/mol. The van der Waals surface area contributed by atoms with Crippen LogP contribution in [0.15, 0.2) is 48.5 Å². The van der Waals surface area contributed by atoms with E-state index in [1.54, 1.807) is 36.2 Å². The maximum atomic E-state index is 12.6. The molecule has 1 heterocycles. The normalized spacial score (nSPS) is 15.6. The van der Waals surface area contributed by atoms with Crippen LogP contribution >= 0.6 is 0 Å². The molecule has 0 bridgehead atoms. The number of carbonyl (C=O) groups excluding carboxylic acids is 3. The van der Waals surface area contributed by atoms with Gasteiger partial charge in [0.15, 0.2) is 0 Å². The molecular formula is C21H23N3O3. The Morgan fingerprint density at radius 3 is 2.44 bits per heavy atom. The summed E-state index contributed by atoms with van der Waals surface area (Å²) in [7, 11) is 1.57. The molecule has 2 aromatic carbocycles. The Labute approximate surface area is 158 Å². The Kier molecular flexibility index (Phi) is 5.54. The van der Waals surface area contributed by atoms with Gasteiger partial charge in [0, 0.05) is 31.8 Å². The predicted molar refractivity (Wildman–Crippen MR) is 103 cm³/mol. The number of hydrogen-bond acceptors (Lipinski definition) is 3. The molecule has 1 aliphatic heterocycles. The second-order valence-corrected chi connectivity index (χ2v) is 6.59. The summed E-state index contributed by atoms with van der Waals surface area (Å²) in [5, 5.41) is 5.41. The van der Waals surface area contributed by atoms with Gasteiger partial charge in [0.05, 0.1) is 12.5 Å². The Balaban J connectivity index is 1.74. The summed E-state index contributed by atoms with van der Waals surface area (Å²) in [5.74, 6) is -0.378. The maximum absolute atomic E-state index is 12.6. The van der Waals surface area contributed by atoms with Crippen molar-refractivity contribution < 1.29 is 14.4 Å². The van der Waals surface area contributed by atoms with Crippen LogP contribution in [0.4, 0.5) is 5.69 Å². The topological polar surface area (TPSA) is 78.5 Å². The number of nitrogens with zero attached hydrogens (tertiary/aromatic N) is 1. The summed E-state index contributed by atoms with van der Waals surface area (Å²) < 4.78 is 0. The van der Waals surface area contributed by atoms with Gasteiger partial charge in [0.25, 0.3) is 5.91 Å². The predicted octanol–water partition coefficient (Wildman–Crippen LogP) is 2.52. The van der Waals surface area contributed by atoms with Crippen LogP contribution in [0.2, 0.25) is 0 Å². The van der Waals surface area contributed by atoms with Crippen molar-refractivity contribution in [3.63, 3.8) is 0 Å². The molecule has 2 aromatic rings. The highest BCUT2D eigenvalue weighted by Crippen LogP contribution is 2.32. The van der Waals surface area contributed by atoms with E-state index in [9.17, 15) is 14.4 Å². The molecule has 3 rings (SSSR count). The van der Waals surface area contributed by atoms with Crippen molar-refractivity contribution in [2.45, 2.75) is 25.8 Å². The molecule has 1 atom stereocenters. The Hall–Kier alpha value is -3.15. The Morgan fingerprint density at radius 2 is 1.78 bits per heavy atom. The fraction of sp³-hybridized carbons (Fsp3) is 0.286. The van der Waals surface area contributed by atoms with Gasteiger partial charge in [-0.05, 0) is 41.8 Å². The second-order valence-electron chi connectivity index (χ2n) is 6.59. The Bertz CT molecular complexity index is 861. The lowest BCUT2D eigenvalue weighted by Gasteiger charge is -2.36. The SMILES string of the molecule is CNC(=O)c1ccc(NC(=O)CC2c3ccccc3CCN2C(C)=O)cc1. The van der Waals surface area contributed by atoms with E-state index in [-0.39, 0.29) is 30.2 Å². The molecule has 0 spiro atoms. The van der Waals surface area contributed by atoms with E-state index in [0.717, 1.165) is 12.0 Å². The number of carbonyl (C=O) groups is 3. The highest BCUT2D eigenvalue weighted by molar-refractivity contribution is 5.95. The molecular weight excluding hydrogens is 342 g/mol. The second kappa shape index (κ2) is 8.03. The minimum Gasteiger partial charge on any atom is -0.355 e. The van der Waals surface area contributed by atoms with Gasteiger partial charge in [-0.25, -0.2) is 0 Å². The number of hydrogen-bond donors (Lipinski definition) is 2. The molecule has 0 aromatic heterocycles. The molecule has 6 nitrogen and oxygen atoms in total. The van der Waals surface area contributed by atoms with Gasteiger partial charge >= 0.3 is 0 Å². The van der Waals surface area contributed by atoms with Crippen molar-refractivity contribution in [3.8, 4) is 0 Å². The van der Waals surface area contributed by atoms with Gasteiger partial charge in [0.1, 0.15) is 0 Å². The lowest BCUT2D eigenvalue weighted by molar-refractivity contribution is -0.132. The quantitative estimate of drug-likeness (QED) is 0.874. The van der Waals surface area contributed by atoms with E-state index in [0.29, 0.717) is 17.8 Å². The lowest BCUT2D eigenvalue weighted by Crippen LogP contribution is -2.40. The third-order valence-corrected chi connectivity index (χ3v) is 4.85. The highest BCUT2D eigenvalue weighted by atomic mass is 16.2. The lowest BCUT2D eigenvalue weighted by atomic mass is 9.90. The number of benzene rings is 2. The van der Waals surface area contributed by atoms with Crippen LogP contribution in [0.25, 0.3) is 0 Å². The minimum atomic E-state index is -0.266. The van der Waals surface area contributed by atoms with Gasteiger partial charge in [-0.1, -0.05) is 24.3 Å². The first kappa shape index (κ1) is 18.6. The fourth-order valence-electron chi connectivity index (χ4n) is 3.49. The maximum Gasteiger partial charge on any atom is 0.251 e. The molecule has 6 heteroatoms. The number of nitrogens with one attached hydrogen (secondary N) is 2. The molecule has 2 N–H and O–H groups in total. The largest absolute Gasteiger partial charge is 0.355 e. The molecule has 27 heavy (non-hydrogen) atoms. The molecule has 140 valence electrons. The van der Waals surface area contributed by atoms with E-state index in [1.807, 2.05) is 18.2 Å². The summed E-state index contributed by atoms with van der Waals surface area (Å²) in [6, 6.07) is 14.4. The summed E-state index contributed by atoms with van der Waals surface area (Å²) >= 11 is 0. The summed E-state index contributed by atoms with van der Waals surface area (Å²) in [5.41, 5.74) is 3.36. The minimum absolute atomic E-state index is 0.0303. The number of anilines is 1. The third kappa shape index (κ3) is 4.16. The zero-order valence-corrected chi connectivity index (χ0v) is 15.5. The van der Waals surface area contributed by atoms with Crippen molar-refractivity contribution >= 4 is 23.4 Å². The smallest absolute Gasteiger partial charge is 0.251 e. The zero-order chi connectivity index (χ0) is 19.4. The standard InChI is InChI=1S/C21H23N3O3/c1-14(25)24-12-11-15-5-3-4-6-18(15)19(24)13-20(26)23-17-9-7-16(8-10-17)21(27)22-2/h3-10,19H,11-13H2,1-2H3,(H,22,27)(H,23,26). The molecule has 0 fully saturated rings. The highest BCUT2D eigenvalue weighted by Gasteiger charge is 2.30. The third-order valence-electron chi connectivity index (χ3n) is 4.85. The number of amides is 3. The molecule has 1 aliphatic rings. The number of rotatable bonds is 4. The van der Waals surface area contributed by atoms with Crippen LogP contribution < -0.4 is 10.6 Å². The molecule has 0 saturated heterocycles. The summed E-state index contributed by atoms with van der Waals surface area (Å²) in [6.45, 7) is 2.15. The van der Waals surface area contributed by atoms with Crippen molar-refractivity contribution in [1.82, 2.24) is 10.2 Å². The van der Waals surface area contributed by atoms with Crippen LogP contribution in [-0.4, -0.2) is 36.2 Å². The van der Waals surface area contributed by atoms with Gasteiger partial charge in [0.2, 0.25) is 11.8 Å². The van der Waals surface area contributed by atoms with Gasteiger partial charge in [-0.3, -0.25) is 14.4 Å². The van der Waals surface area contributed by atoms with Crippen molar-refractivity contribution in [2.75, 3.05) is 18.9 Å². The first-order chi connectivity index (χ1) is 13.0. The van der Waals surface area contributed by atoms with Crippen molar-refractivity contribution in [3.05, 3.63) is 65.2 Å². The van der Waals surface area contributed by atoms with E-state index in [1.165, 1.54) is 12.5 Å². The van der Waals surface area contributed by atoms with E-state index < -0.39 is 0 Å². The zero-order valence-electron chi connectivity index (χ0n) is 15.5. The van der Waals surface area contributed by atoms with Gasteiger partial charge in [-0.15, -0.1) is 0 Å². The first-order valence-electron chi connectivity index (χ1n) is 8.96. The number of fused-ring (bicyclic) bond motifs is 1. The van der Waals surface area contributed by atoms with Crippen LogP contribution in [0.1, 0.15) is 40.9 Å². The van der Waals surface area contributed by atoms with Crippen LogP contribution in [0, 0.1) is 0 Å². The van der Waals surface area contributed by atoms with E-state index >= 15 is 0 Å². The van der Waals surface area contributed by atoms with Crippen LogP contribution in [0.3, 0.4) is 0 Å². The van der Waals surface area contributed by atoms with Crippen LogP contribution in [0.5, 0.6) is 0 Å². The monoisotopic (exact) mass is 365 g/mol. The summed E-state index contributed by atoms with van der Waals surface area (Å²) in [4.78, 5) is 38.0. The molecule has 1 unspecified atom stereocenters. The summed E-state index contributed by atoms with van der Waals surface area (Å²) in [6.07, 6.45) is 0.989. The van der Waals surface area contributed by atoms with E-state index in [2.05, 4.69) is 16.7 Å². The van der Waals surface area contributed by atoms with Crippen molar-refractivity contribution in [1.29, 1.82) is 0 Å². The first-order valence-corrected chi connectivity index (χ1v) is 8.96. The van der Waals surface area contributed by atoms with Gasteiger partial charge < -0.3 is 15.5 Å². The molecule has 0 saturated carbocycles. The molecule has 0 radical (unpaired) electrons. The van der Waals surface area contributed by atoms with Crippen molar-refractivity contribution in [2.24, 2.45) is 0 Å². The van der Waals surface area contributed by atoms with Gasteiger partial charge in [-0.2, -0.15) is 0 Å². The molecule has 0 aliphatic carbocycles. The fourth-order valence-corrected chi connectivity index (χ4v) is 3.49.